The zero-order chi connectivity index (χ0) is 14.7. The van der Waals surface area contributed by atoms with E-state index in [1.807, 2.05) is 36.4 Å². The minimum Gasteiger partial charge on any atom is -0.367 e. The lowest BCUT2D eigenvalue weighted by molar-refractivity contribution is 0.780. The highest BCUT2D eigenvalue weighted by molar-refractivity contribution is 7.18. The summed E-state index contributed by atoms with van der Waals surface area (Å²) in [6.45, 7) is 2.09. The lowest BCUT2D eigenvalue weighted by atomic mass is 10.2. The fourth-order valence-corrected chi connectivity index (χ4v) is 3.25. The predicted octanol–water partition coefficient (Wildman–Crippen LogP) is 3.61. The maximum atomic E-state index is 8.86. The van der Waals surface area contributed by atoms with Gasteiger partial charge in [-0.2, -0.15) is 5.26 Å². The van der Waals surface area contributed by atoms with Gasteiger partial charge in [0.15, 0.2) is 0 Å². The Hall–Kier alpha value is -2.45. The minimum atomic E-state index is 0.201. The topological polar surface area (TPSA) is 61.6 Å². The molecule has 2 heterocycles. The average molecular weight is 294 g/mol. The number of pyridine rings is 1. The largest absolute Gasteiger partial charge is 0.367 e. The molecule has 0 aliphatic carbocycles. The maximum absolute atomic E-state index is 8.86. The van der Waals surface area contributed by atoms with Gasteiger partial charge in [-0.05, 0) is 31.2 Å². The van der Waals surface area contributed by atoms with Gasteiger partial charge in [-0.3, -0.25) is 0 Å². The van der Waals surface area contributed by atoms with Crippen LogP contribution in [0.15, 0.2) is 42.5 Å². The third kappa shape index (κ3) is 3.18. The van der Waals surface area contributed by atoms with Crippen molar-refractivity contribution in [2.45, 2.75) is 19.4 Å². The number of nitriles is 1. The molecule has 3 rings (SSSR count). The molecule has 1 N–H and O–H groups in total. The second kappa shape index (κ2) is 5.90. The van der Waals surface area contributed by atoms with Crippen LogP contribution >= 0.6 is 11.3 Å². The van der Waals surface area contributed by atoms with Gasteiger partial charge in [-0.1, -0.05) is 18.2 Å². The van der Waals surface area contributed by atoms with Gasteiger partial charge in [0.1, 0.15) is 17.6 Å². The summed E-state index contributed by atoms with van der Waals surface area (Å²) in [5, 5.41) is 13.3. The molecule has 4 nitrogen and oxygen atoms in total. The quantitative estimate of drug-likeness (QED) is 0.798. The molecule has 1 aromatic carbocycles. The highest BCUT2D eigenvalue weighted by Gasteiger charge is 2.09. The van der Waals surface area contributed by atoms with Crippen LogP contribution in [0.5, 0.6) is 0 Å². The van der Waals surface area contributed by atoms with Crippen molar-refractivity contribution < 1.29 is 0 Å². The number of aromatic nitrogens is 2. The van der Waals surface area contributed by atoms with Crippen molar-refractivity contribution >= 4 is 27.4 Å². The standard InChI is InChI=1S/C16H14N4S/c1-11(18-15-8-4-5-12(10-17)19-15)9-16-20-13-6-2-3-7-14(13)21-16/h2-8,11H,9H2,1H3,(H,18,19). The van der Waals surface area contributed by atoms with Crippen LogP contribution < -0.4 is 5.32 Å². The summed E-state index contributed by atoms with van der Waals surface area (Å²) in [5.41, 5.74) is 1.47. The molecule has 2 aromatic heterocycles. The Balaban J connectivity index is 1.71. The fraction of sp³-hybridized carbons (Fsp3) is 0.188. The lowest BCUT2D eigenvalue weighted by Crippen LogP contribution is -2.18. The second-order valence-electron chi connectivity index (χ2n) is 4.84. The van der Waals surface area contributed by atoms with Gasteiger partial charge < -0.3 is 5.32 Å². The summed E-state index contributed by atoms with van der Waals surface area (Å²) in [6.07, 6.45) is 0.831. The van der Waals surface area contributed by atoms with E-state index in [9.17, 15) is 0 Å². The SMILES string of the molecule is CC(Cc1nc2ccccc2s1)Nc1cccc(C#N)n1. The van der Waals surface area contributed by atoms with E-state index in [2.05, 4.69) is 28.3 Å². The van der Waals surface area contributed by atoms with Crippen LogP contribution in [0.25, 0.3) is 10.2 Å². The summed E-state index contributed by atoms with van der Waals surface area (Å²) in [5.74, 6) is 0.725. The monoisotopic (exact) mass is 294 g/mol. The van der Waals surface area contributed by atoms with Crippen molar-refractivity contribution in [2.75, 3.05) is 5.32 Å². The molecule has 0 aliphatic heterocycles. The fourth-order valence-electron chi connectivity index (χ4n) is 2.15. The van der Waals surface area contributed by atoms with Crippen LogP contribution in [0.3, 0.4) is 0 Å². The van der Waals surface area contributed by atoms with E-state index in [0.717, 1.165) is 22.8 Å². The maximum Gasteiger partial charge on any atom is 0.142 e. The van der Waals surface area contributed by atoms with Crippen molar-refractivity contribution in [2.24, 2.45) is 0 Å². The third-order valence-electron chi connectivity index (χ3n) is 3.08. The Morgan fingerprint density at radius 2 is 2.05 bits per heavy atom. The highest BCUT2D eigenvalue weighted by Crippen LogP contribution is 2.23. The first-order valence-corrected chi connectivity index (χ1v) is 7.54. The van der Waals surface area contributed by atoms with Gasteiger partial charge in [-0.15, -0.1) is 11.3 Å². The average Bonchev–Trinajstić information content (AvgIpc) is 2.89. The molecule has 0 saturated heterocycles. The Morgan fingerprint density at radius 1 is 1.19 bits per heavy atom. The Bertz CT molecular complexity index is 770. The van der Waals surface area contributed by atoms with E-state index in [4.69, 9.17) is 5.26 Å². The van der Waals surface area contributed by atoms with Crippen molar-refractivity contribution in [3.8, 4) is 6.07 Å². The molecule has 1 unspecified atom stereocenters. The van der Waals surface area contributed by atoms with Crippen LogP contribution in [0.4, 0.5) is 5.82 Å². The molecule has 0 amide bonds. The zero-order valence-corrected chi connectivity index (χ0v) is 12.4. The van der Waals surface area contributed by atoms with E-state index in [0.29, 0.717) is 5.69 Å². The summed E-state index contributed by atoms with van der Waals surface area (Å²) in [6, 6.07) is 15.8. The van der Waals surface area contributed by atoms with Crippen molar-refractivity contribution in [3.05, 3.63) is 53.2 Å². The number of para-hydroxylation sites is 1. The predicted molar refractivity (Wildman–Crippen MR) is 85.4 cm³/mol. The van der Waals surface area contributed by atoms with Gasteiger partial charge >= 0.3 is 0 Å². The van der Waals surface area contributed by atoms with Crippen molar-refractivity contribution in [1.29, 1.82) is 5.26 Å². The molecule has 0 fully saturated rings. The second-order valence-corrected chi connectivity index (χ2v) is 5.96. The van der Waals surface area contributed by atoms with Crippen LogP contribution in [-0.2, 0) is 6.42 Å². The molecule has 104 valence electrons. The third-order valence-corrected chi connectivity index (χ3v) is 4.14. The normalized spacial score (nSPS) is 12.0. The molecular weight excluding hydrogens is 280 g/mol. The summed E-state index contributed by atoms with van der Waals surface area (Å²) in [4.78, 5) is 8.86. The molecule has 0 bridgehead atoms. The smallest absolute Gasteiger partial charge is 0.142 e. The van der Waals surface area contributed by atoms with Crippen LogP contribution in [0.2, 0.25) is 0 Å². The van der Waals surface area contributed by atoms with Crippen molar-refractivity contribution in [3.63, 3.8) is 0 Å². The number of nitrogens with one attached hydrogen (secondary N) is 1. The summed E-state index contributed by atoms with van der Waals surface area (Å²) >= 11 is 1.72. The van der Waals surface area contributed by atoms with Crippen molar-refractivity contribution in [1.82, 2.24) is 9.97 Å². The number of anilines is 1. The number of rotatable bonds is 4. The van der Waals surface area contributed by atoms with Crippen LogP contribution in [0, 0.1) is 11.3 Å². The van der Waals surface area contributed by atoms with E-state index in [-0.39, 0.29) is 6.04 Å². The van der Waals surface area contributed by atoms with E-state index in [1.165, 1.54) is 4.70 Å². The van der Waals surface area contributed by atoms with Gasteiger partial charge in [0, 0.05) is 12.5 Å². The molecule has 0 radical (unpaired) electrons. The summed E-state index contributed by atoms with van der Waals surface area (Å²) < 4.78 is 1.21. The molecule has 1 atom stereocenters. The molecule has 0 spiro atoms. The van der Waals surface area contributed by atoms with Gasteiger partial charge in [0.25, 0.3) is 0 Å². The van der Waals surface area contributed by atoms with Gasteiger partial charge in [0.05, 0.1) is 15.2 Å². The van der Waals surface area contributed by atoms with Gasteiger partial charge in [0.2, 0.25) is 0 Å². The van der Waals surface area contributed by atoms with Gasteiger partial charge in [-0.25, -0.2) is 9.97 Å². The number of nitrogens with zero attached hydrogens (tertiary/aromatic N) is 3. The first-order chi connectivity index (χ1) is 10.2. The molecule has 0 saturated carbocycles. The summed E-state index contributed by atoms with van der Waals surface area (Å²) in [7, 11) is 0. The number of thiazole rings is 1. The number of fused-ring (bicyclic) bond motifs is 1. The Morgan fingerprint density at radius 3 is 2.86 bits per heavy atom. The molecule has 3 aromatic rings. The number of hydrogen-bond donors (Lipinski definition) is 1. The first kappa shape index (κ1) is 13.5. The first-order valence-electron chi connectivity index (χ1n) is 6.73. The molecule has 5 heteroatoms. The Kier molecular flexibility index (Phi) is 3.80. The minimum absolute atomic E-state index is 0.201. The lowest BCUT2D eigenvalue weighted by Gasteiger charge is -2.12. The zero-order valence-electron chi connectivity index (χ0n) is 11.6. The van der Waals surface area contributed by atoms with E-state index in [1.54, 1.807) is 17.4 Å². The Labute approximate surface area is 127 Å². The number of hydrogen-bond acceptors (Lipinski definition) is 5. The van der Waals surface area contributed by atoms with Crippen LogP contribution in [0.1, 0.15) is 17.6 Å². The molecular formula is C16H14N4S. The molecule has 0 aliphatic rings. The number of benzene rings is 1. The van der Waals surface area contributed by atoms with E-state index < -0.39 is 0 Å². The highest BCUT2D eigenvalue weighted by atomic mass is 32.1. The van der Waals surface area contributed by atoms with Crippen LogP contribution in [-0.4, -0.2) is 16.0 Å². The van der Waals surface area contributed by atoms with E-state index >= 15 is 0 Å². The molecule has 21 heavy (non-hydrogen) atoms.